The van der Waals surface area contributed by atoms with E-state index in [2.05, 4.69) is 5.32 Å². The first-order valence-electron chi connectivity index (χ1n) is 6.60. The third kappa shape index (κ3) is 2.20. The van der Waals surface area contributed by atoms with Crippen molar-refractivity contribution in [1.82, 2.24) is 5.32 Å². The minimum Gasteiger partial charge on any atom is -0.491 e. The summed E-state index contributed by atoms with van der Waals surface area (Å²) >= 11 is 0. The summed E-state index contributed by atoms with van der Waals surface area (Å²) in [5.41, 5.74) is 0.911. The van der Waals surface area contributed by atoms with Gasteiger partial charge in [-0.05, 0) is 31.5 Å². The van der Waals surface area contributed by atoms with E-state index in [1.54, 1.807) is 0 Å². The van der Waals surface area contributed by atoms with E-state index in [9.17, 15) is 4.79 Å². The first-order chi connectivity index (χ1) is 8.84. The molecule has 1 N–H and O–H groups in total. The van der Waals surface area contributed by atoms with Gasteiger partial charge < -0.3 is 15.0 Å². The number of nitrogens with one attached hydrogen (secondary N) is 1. The van der Waals surface area contributed by atoms with Crippen LogP contribution in [0.25, 0.3) is 0 Å². The van der Waals surface area contributed by atoms with Gasteiger partial charge in [-0.25, -0.2) is 0 Å². The summed E-state index contributed by atoms with van der Waals surface area (Å²) in [6.07, 6.45) is 2.80. The highest BCUT2D eigenvalue weighted by atomic mass is 16.5. The van der Waals surface area contributed by atoms with E-state index in [0.717, 1.165) is 30.9 Å². The third-order valence-corrected chi connectivity index (χ3v) is 3.60. The number of anilines is 1. The molecule has 1 saturated heterocycles. The van der Waals surface area contributed by atoms with Crippen LogP contribution >= 0.6 is 0 Å². The lowest BCUT2D eigenvalue weighted by atomic mass is 10.2. The fourth-order valence-corrected chi connectivity index (χ4v) is 2.65. The molecule has 0 saturated carbocycles. The van der Waals surface area contributed by atoms with E-state index in [-0.39, 0.29) is 5.91 Å². The van der Waals surface area contributed by atoms with Crippen LogP contribution in [0.4, 0.5) is 5.69 Å². The largest absolute Gasteiger partial charge is 0.491 e. The Morgan fingerprint density at radius 2 is 2.28 bits per heavy atom. The van der Waals surface area contributed by atoms with E-state index < -0.39 is 0 Å². The molecular formula is C14H18N2O2. The number of fused-ring (bicyclic) bond motifs is 1. The standard InChI is InChI=1S/C14H18N2O2/c17-14-7-9-18-13-6-2-1-5-12(13)16(14)10-11-4-3-8-15-11/h1-2,5-6,11,15H,3-4,7-10H2. The predicted molar refractivity (Wildman–Crippen MR) is 69.9 cm³/mol. The highest BCUT2D eigenvalue weighted by Crippen LogP contribution is 2.31. The number of para-hydroxylation sites is 2. The number of amides is 1. The second-order valence-corrected chi connectivity index (χ2v) is 4.86. The number of carbonyl (C=O) groups is 1. The lowest BCUT2D eigenvalue weighted by Gasteiger charge is -2.25. The van der Waals surface area contributed by atoms with Crippen LogP contribution < -0.4 is 15.0 Å². The van der Waals surface area contributed by atoms with Gasteiger partial charge in [0.25, 0.3) is 0 Å². The number of benzene rings is 1. The fourth-order valence-electron chi connectivity index (χ4n) is 2.65. The highest BCUT2D eigenvalue weighted by molar-refractivity contribution is 5.95. The molecule has 96 valence electrons. The van der Waals surface area contributed by atoms with E-state index in [1.807, 2.05) is 29.2 Å². The van der Waals surface area contributed by atoms with Gasteiger partial charge in [-0.3, -0.25) is 4.79 Å². The average Bonchev–Trinajstić information content (AvgIpc) is 2.84. The Labute approximate surface area is 107 Å². The maximum absolute atomic E-state index is 12.2. The Hall–Kier alpha value is -1.55. The second-order valence-electron chi connectivity index (χ2n) is 4.86. The molecule has 2 aliphatic heterocycles. The molecular weight excluding hydrogens is 228 g/mol. The minimum atomic E-state index is 0.161. The van der Waals surface area contributed by atoms with Crippen molar-refractivity contribution in [2.24, 2.45) is 0 Å². The molecule has 2 aliphatic rings. The van der Waals surface area contributed by atoms with Crippen LogP contribution in [0.3, 0.4) is 0 Å². The fraction of sp³-hybridized carbons (Fsp3) is 0.500. The lowest BCUT2D eigenvalue weighted by molar-refractivity contribution is -0.118. The summed E-state index contributed by atoms with van der Waals surface area (Å²) < 4.78 is 5.63. The molecule has 1 amide bonds. The normalized spacial score (nSPS) is 23.4. The minimum absolute atomic E-state index is 0.161. The van der Waals surface area contributed by atoms with Crippen LogP contribution in [0.5, 0.6) is 5.75 Å². The van der Waals surface area contributed by atoms with Gasteiger partial charge in [-0.15, -0.1) is 0 Å². The molecule has 1 aromatic rings. The number of hydrogen-bond acceptors (Lipinski definition) is 3. The van der Waals surface area contributed by atoms with Crippen molar-refractivity contribution in [3.63, 3.8) is 0 Å². The first kappa shape index (κ1) is 11.5. The van der Waals surface area contributed by atoms with Crippen molar-refractivity contribution in [2.45, 2.75) is 25.3 Å². The summed E-state index contributed by atoms with van der Waals surface area (Å²) in [5.74, 6) is 0.981. The third-order valence-electron chi connectivity index (χ3n) is 3.60. The van der Waals surface area contributed by atoms with Gasteiger partial charge in [0.15, 0.2) is 0 Å². The van der Waals surface area contributed by atoms with E-state index in [0.29, 0.717) is 19.1 Å². The lowest BCUT2D eigenvalue weighted by Crippen LogP contribution is -2.41. The Kier molecular flexibility index (Phi) is 3.19. The first-order valence-corrected chi connectivity index (χ1v) is 6.60. The van der Waals surface area contributed by atoms with Crippen molar-refractivity contribution in [3.8, 4) is 5.75 Å². The van der Waals surface area contributed by atoms with Crippen LogP contribution in [0.1, 0.15) is 19.3 Å². The average molecular weight is 246 g/mol. The monoisotopic (exact) mass is 246 g/mol. The van der Waals surface area contributed by atoms with Crippen LogP contribution in [0.2, 0.25) is 0 Å². The number of ether oxygens (including phenoxy) is 1. The van der Waals surface area contributed by atoms with E-state index >= 15 is 0 Å². The predicted octanol–water partition coefficient (Wildman–Crippen LogP) is 1.55. The summed E-state index contributed by atoms with van der Waals surface area (Å²) in [7, 11) is 0. The molecule has 1 unspecified atom stereocenters. The van der Waals surface area contributed by atoms with Crippen molar-refractivity contribution in [3.05, 3.63) is 24.3 Å². The van der Waals surface area contributed by atoms with Crippen LogP contribution in [-0.4, -0.2) is 31.6 Å². The van der Waals surface area contributed by atoms with Gasteiger partial charge in [0, 0.05) is 12.6 Å². The van der Waals surface area contributed by atoms with Crippen molar-refractivity contribution in [1.29, 1.82) is 0 Å². The van der Waals surface area contributed by atoms with Gasteiger partial charge in [-0.1, -0.05) is 12.1 Å². The van der Waals surface area contributed by atoms with E-state index in [1.165, 1.54) is 6.42 Å². The maximum Gasteiger partial charge on any atom is 0.230 e. The molecule has 2 heterocycles. The summed E-state index contributed by atoms with van der Waals surface area (Å²) in [4.78, 5) is 14.1. The van der Waals surface area contributed by atoms with Gasteiger partial charge in [0.1, 0.15) is 5.75 Å². The van der Waals surface area contributed by atoms with Gasteiger partial charge >= 0.3 is 0 Å². The Bertz CT molecular complexity index is 441. The van der Waals surface area contributed by atoms with Crippen LogP contribution in [0, 0.1) is 0 Å². The van der Waals surface area contributed by atoms with Crippen molar-refractivity contribution in [2.75, 3.05) is 24.6 Å². The molecule has 0 aliphatic carbocycles. The van der Waals surface area contributed by atoms with Crippen LogP contribution in [-0.2, 0) is 4.79 Å². The topological polar surface area (TPSA) is 41.6 Å². The molecule has 1 atom stereocenters. The zero-order valence-electron chi connectivity index (χ0n) is 10.4. The van der Waals surface area contributed by atoms with Gasteiger partial charge in [-0.2, -0.15) is 0 Å². The molecule has 1 fully saturated rings. The zero-order valence-corrected chi connectivity index (χ0v) is 10.4. The molecule has 4 heteroatoms. The second kappa shape index (κ2) is 4.98. The summed E-state index contributed by atoms with van der Waals surface area (Å²) in [6.45, 7) is 2.29. The zero-order chi connectivity index (χ0) is 12.4. The molecule has 1 aromatic carbocycles. The number of nitrogens with zero attached hydrogens (tertiary/aromatic N) is 1. The van der Waals surface area contributed by atoms with E-state index in [4.69, 9.17) is 4.74 Å². The number of rotatable bonds is 2. The number of carbonyl (C=O) groups excluding carboxylic acids is 1. The number of hydrogen-bond donors (Lipinski definition) is 1. The van der Waals surface area contributed by atoms with Crippen molar-refractivity contribution < 1.29 is 9.53 Å². The quantitative estimate of drug-likeness (QED) is 0.861. The van der Waals surface area contributed by atoms with Gasteiger partial charge in [0.2, 0.25) is 5.91 Å². The molecule has 0 bridgehead atoms. The van der Waals surface area contributed by atoms with Gasteiger partial charge in [0.05, 0.1) is 18.7 Å². The van der Waals surface area contributed by atoms with Crippen LogP contribution in [0.15, 0.2) is 24.3 Å². The summed E-state index contributed by atoms with van der Waals surface area (Å²) in [6, 6.07) is 8.22. The SMILES string of the molecule is O=C1CCOc2ccccc2N1CC1CCCN1. The Balaban J connectivity index is 1.87. The molecule has 3 rings (SSSR count). The Morgan fingerprint density at radius 1 is 1.39 bits per heavy atom. The smallest absolute Gasteiger partial charge is 0.230 e. The molecule has 18 heavy (non-hydrogen) atoms. The molecule has 0 spiro atoms. The van der Waals surface area contributed by atoms with Crippen molar-refractivity contribution >= 4 is 11.6 Å². The highest BCUT2D eigenvalue weighted by Gasteiger charge is 2.26. The molecule has 0 radical (unpaired) electrons. The maximum atomic E-state index is 12.2. The Morgan fingerprint density at radius 3 is 3.11 bits per heavy atom. The molecule has 4 nitrogen and oxygen atoms in total. The summed E-state index contributed by atoms with van der Waals surface area (Å²) in [5, 5.41) is 3.44. The molecule has 0 aromatic heterocycles.